The Labute approximate surface area is 158 Å². The molecule has 0 amide bonds. The molecule has 0 atom stereocenters. The van der Waals surface area contributed by atoms with Gasteiger partial charge in [-0.3, -0.25) is 4.98 Å². The maximum absolute atomic E-state index is 12.8. The van der Waals surface area contributed by atoms with Crippen LogP contribution in [0.25, 0.3) is 16.8 Å². The first-order valence-electron chi connectivity index (χ1n) is 8.70. The molecule has 3 rings (SSSR count). The van der Waals surface area contributed by atoms with Crippen LogP contribution < -0.4 is 0 Å². The van der Waals surface area contributed by atoms with E-state index in [4.69, 9.17) is 4.74 Å². The topological polar surface area (TPSA) is 59.7 Å². The van der Waals surface area contributed by atoms with E-state index in [9.17, 15) is 4.79 Å². The highest BCUT2D eigenvalue weighted by molar-refractivity contribution is 6.00. The number of nitrogens with zero attached hydrogens (tertiary/aromatic N) is 4. The van der Waals surface area contributed by atoms with E-state index in [1.165, 1.54) is 0 Å². The SMILES string of the molecule is CCOC(=O)c1c(N=CN(C)C)c(-c2cccnc2)cn1-c1ccccc1. The largest absolute Gasteiger partial charge is 0.461 e. The van der Waals surface area contributed by atoms with Crippen LogP contribution in [-0.2, 0) is 4.74 Å². The van der Waals surface area contributed by atoms with Gasteiger partial charge in [-0.2, -0.15) is 0 Å². The molecule has 0 aliphatic carbocycles. The van der Waals surface area contributed by atoms with E-state index in [1.807, 2.05) is 72.2 Å². The van der Waals surface area contributed by atoms with Crippen molar-refractivity contribution in [3.8, 4) is 16.8 Å². The third kappa shape index (κ3) is 4.06. The lowest BCUT2D eigenvalue weighted by Gasteiger charge is -2.09. The zero-order valence-corrected chi connectivity index (χ0v) is 15.7. The second-order valence-electron chi connectivity index (χ2n) is 6.12. The summed E-state index contributed by atoms with van der Waals surface area (Å²) in [6.45, 7) is 2.08. The second-order valence-corrected chi connectivity index (χ2v) is 6.12. The number of hydrogen-bond donors (Lipinski definition) is 0. The standard InChI is InChI=1S/C21H22N4O2/c1-4-27-21(26)20-19(23-15-24(2)3)18(16-9-8-12-22-13-16)14-25(20)17-10-6-5-7-11-17/h5-15H,4H2,1-3H3. The Morgan fingerprint density at radius 1 is 1.22 bits per heavy atom. The highest BCUT2D eigenvalue weighted by Crippen LogP contribution is 2.37. The minimum Gasteiger partial charge on any atom is -0.461 e. The lowest BCUT2D eigenvalue weighted by Crippen LogP contribution is -2.11. The molecule has 0 bridgehead atoms. The summed E-state index contributed by atoms with van der Waals surface area (Å²) in [7, 11) is 3.76. The average molecular weight is 362 g/mol. The number of hydrogen-bond acceptors (Lipinski definition) is 4. The fraction of sp³-hybridized carbons (Fsp3) is 0.190. The van der Waals surface area contributed by atoms with E-state index in [0.29, 0.717) is 11.4 Å². The lowest BCUT2D eigenvalue weighted by molar-refractivity contribution is 0.0518. The Hall–Kier alpha value is -3.41. The van der Waals surface area contributed by atoms with Gasteiger partial charge in [0.05, 0.1) is 12.9 Å². The third-order valence-electron chi connectivity index (χ3n) is 3.87. The van der Waals surface area contributed by atoms with Crippen molar-refractivity contribution < 1.29 is 9.53 Å². The minimum atomic E-state index is -0.414. The Bertz CT molecular complexity index is 932. The molecule has 3 aromatic rings. The van der Waals surface area contributed by atoms with E-state index in [2.05, 4.69) is 9.98 Å². The fourth-order valence-electron chi connectivity index (χ4n) is 2.72. The van der Waals surface area contributed by atoms with E-state index >= 15 is 0 Å². The summed E-state index contributed by atoms with van der Waals surface area (Å²) in [6, 6.07) is 13.5. The molecule has 6 nitrogen and oxygen atoms in total. The van der Waals surface area contributed by atoms with Gasteiger partial charge < -0.3 is 14.2 Å². The maximum atomic E-state index is 12.8. The van der Waals surface area contributed by atoms with Crippen LogP contribution in [0, 0.1) is 0 Å². The number of rotatable bonds is 6. The molecule has 138 valence electrons. The summed E-state index contributed by atoms with van der Waals surface area (Å²) < 4.78 is 7.15. The number of aliphatic imine (C=N–C) groups is 1. The lowest BCUT2D eigenvalue weighted by atomic mass is 10.1. The van der Waals surface area contributed by atoms with Gasteiger partial charge in [0.15, 0.2) is 5.69 Å². The molecule has 0 saturated carbocycles. The van der Waals surface area contributed by atoms with Gasteiger partial charge in [-0.15, -0.1) is 0 Å². The summed E-state index contributed by atoms with van der Waals surface area (Å²) in [5.41, 5.74) is 3.49. The summed E-state index contributed by atoms with van der Waals surface area (Å²) in [4.78, 5) is 23.4. The third-order valence-corrected chi connectivity index (χ3v) is 3.87. The Balaban J connectivity index is 2.28. The zero-order chi connectivity index (χ0) is 19.2. The van der Waals surface area contributed by atoms with Crippen molar-refractivity contribution >= 4 is 18.0 Å². The summed E-state index contributed by atoms with van der Waals surface area (Å²) >= 11 is 0. The molecule has 2 heterocycles. The molecule has 0 fully saturated rings. The van der Waals surface area contributed by atoms with Gasteiger partial charge >= 0.3 is 5.97 Å². The van der Waals surface area contributed by atoms with Crippen LogP contribution >= 0.6 is 0 Å². The molecule has 0 radical (unpaired) electrons. The van der Waals surface area contributed by atoms with Gasteiger partial charge in [-0.25, -0.2) is 9.79 Å². The number of ether oxygens (including phenoxy) is 1. The number of carbonyl (C=O) groups excluding carboxylic acids is 1. The number of pyridine rings is 1. The molecule has 0 saturated heterocycles. The maximum Gasteiger partial charge on any atom is 0.357 e. The van der Waals surface area contributed by atoms with Crippen LogP contribution in [-0.4, -0.2) is 47.5 Å². The van der Waals surface area contributed by atoms with Crippen LogP contribution in [0.5, 0.6) is 0 Å². The van der Waals surface area contributed by atoms with E-state index in [0.717, 1.165) is 16.8 Å². The van der Waals surface area contributed by atoms with Crippen molar-refractivity contribution in [3.05, 3.63) is 66.7 Å². The summed E-state index contributed by atoms with van der Waals surface area (Å²) in [6.07, 6.45) is 7.05. The second kappa shape index (κ2) is 8.31. The predicted molar refractivity (Wildman–Crippen MR) is 107 cm³/mol. The van der Waals surface area contributed by atoms with Crippen molar-refractivity contribution in [2.24, 2.45) is 4.99 Å². The number of esters is 1. The van der Waals surface area contributed by atoms with Crippen molar-refractivity contribution in [2.75, 3.05) is 20.7 Å². The van der Waals surface area contributed by atoms with E-state index in [1.54, 1.807) is 25.7 Å². The van der Waals surface area contributed by atoms with Crippen molar-refractivity contribution in [1.82, 2.24) is 14.5 Å². The molecule has 1 aromatic carbocycles. The van der Waals surface area contributed by atoms with Crippen molar-refractivity contribution in [1.29, 1.82) is 0 Å². The molecule has 0 unspecified atom stereocenters. The molecule has 0 aliphatic rings. The molecular weight excluding hydrogens is 340 g/mol. The smallest absolute Gasteiger partial charge is 0.357 e. The van der Waals surface area contributed by atoms with Crippen LogP contribution in [0.3, 0.4) is 0 Å². The molecule has 0 spiro atoms. The van der Waals surface area contributed by atoms with Crippen LogP contribution in [0.15, 0.2) is 66.0 Å². The Morgan fingerprint density at radius 2 is 2.00 bits per heavy atom. The monoisotopic (exact) mass is 362 g/mol. The first kappa shape index (κ1) is 18.4. The number of benzene rings is 1. The first-order chi connectivity index (χ1) is 13.1. The van der Waals surface area contributed by atoms with Crippen LogP contribution in [0.4, 0.5) is 5.69 Å². The van der Waals surface area contributed by atoms with Gasteiger partial charge in [-0.05, 0) is 25.1 Å². The predicted octanol–water partition coefficient (Wildman–Crippen LogP) is 3.94. The minimum absolute atomic E-state index is 0.290. The molecule has 2 aromatic heterocycles. The Kier molecular flexibility index (Phi) is 5.66. The number of aromatic nitrogens is 2. The normalized spacial score (nSPS) is 10.9. The van der Waals surface area contributed by atoms with Gasteiger partial charge in [0.1, 0.15) is 5.69 Å². The van der Waals surface area contributed by atoms with Crippen molar-refractivity contribution in [3.63, 3.8) is 0 Å². The zero-order valence-electron chi connectivity index (χ0n) is 15.7. The molecule has 0 N–H and O–H groups in total. The highest BCUT2D eigenvalue weighted by Gasteiger charge is 2.24. The van der Waals surface area contributed by atoms with Crippen LogP contribution in [0.2, 0.25) is 0 Å². The number of carbonyl (C=O) groups is 1. The summed E-state index contributed by atoms with van der Waals surface area (Å²) in [5, 5.41) is 0. The Morgan fingerprint density at radius 3 is 2.63 bits per heavy atom. The summed E-state index contributed by atoms with van der Waals surface area (Å²) in [5.74, 6) is -0.414. The molecule has 6 heteroatoms. The molecule has 0 aliphatic heterocycles. The van der Waals surface area contributed by atoms with Gasteiger partial charge in [0.25, 0.3) is 0 Å². The van der Waals surface area contributed by atoms with Crippen LogP contribution in [0.1, 0.15) is 17.4 Å². The fourth-order valence-corrected chi connectivity index (χ4v) is 2.72. The van der Waals surface area contributed by atoms with E-state index in [-0.39, 0.29) is 6.61 Å². The van der Waals surface area contributed by atoms with Crippen molar-refractivity contribution in [2.45, 2.75) is 6.92 Å². The van der Waals surface area contributed by atoms with E-state index < -0.39 is 5.97 Å². The number of para-hydroxylation sites is 1. The van der Waals surface area contributed by atoms with Gasteiger partial charge in [0.2, 0.25) is 0 Å². The molecule has 27 heavy (non-hydrogen) atoms. The first-order valence-corrected chi connectivity index (χ1v) is 8.70. The average Bonchev–Trinajstić information content (AvgIpc) is 3.07. The quantitative estimate of drug-likeness (QED) is 0.379. The van der Waals surface area contributed by atoms with Gasteiger partial charge in [-0.1, -0.05) is 24.3 Å². The highest BCUT2D eigenvalue weighted by atomic mass is 16.5. The molecular formula is C21H22N4O2. The van der Waals surface area contributed by atoms with Gasteiger partial charge in [0, 0.05) is 49.5 Å².